The molecule has 2 atom stereocenters. The fourth-order valence-corrected chi connectivity index (χ4v) is 4.64. The van der Waals surface area contributed by atoms with Crippen molar-refractivity contribution in [3.63, 3.8) is 0 Å². The van der Waals surface area contributed by atoms with Crippen LogP contribution in [0.3, 0.4) is 0 Å². The molecule has 2 fully saturated rings. The molecule has 172 valence electrons. The minimum absolute atomic E-state index is 0.0922. The SMILES string of the molecule is Nc1nccc2oc(CNC(=O)C3CCN3C(=O)C(NCC(=O)O)C3CCCCC3)cc12. The zero-order valence-electron chi connectivity index (χ0n) is 17.9. The van der Waals surface area contributed by atoms with E-state index in [9.17, 15) is 14.4 Å². The number of fused-ring (bicyclic) bond motifs is 1. The van der Waals surface area contributed by atoms with Crippen LogP contribution in [0.1, 0.15) is 44.3 Å². The van der Waals surface area contributed by atoms with Crippen molar-refractivity contribution < 1.29 is 23.9 Å². The topological polar surface area (TPSA) is 151 Å². The van der Waals surface area contributed by atoms with Crippen molar-refractivity contribution in [2.24, 2.45) is 5.92 Å². The Hall–Kier alpha value is -3.14. The van der Waals surface area contributed by atoms with Crippen molar-refractivity contribution in [3.05, 3.63) is 24.1 Å². The first-order valence-electron chi connectivity index (χ1n) is 11.1. The maximum atomic E-state index is 13.2. The Labute approximate surface area is 185 Å². The molecule has 3 heterocycles. The summed E-state index contributed by atoms with van der Waals surface area (Å²) in [6.07, 6.45) is 7.10. The molecule has 2 aromatic heterocycles. The van der Waals surface area contributed by atoms with Gasteiger partial charge in [-0.3, -0.25) is 19.7 Å². The number of pyridine rings is 1. The van der Waals surface area contributed by atoms with Crippen LogP contribution in [0.4, 0.5) is 5.82 Å². The number of hydrogen-bond donors (Lipinski definition) is 4. The highest BCUT2D eigenvalue weighted by molar-refractivity contribution is 5.92. The Morgan fingerprint density at radius 1 is 1.25 bits per heavy atom. The van der Waals surface area contributed by atoms with E-state index in [1.54, 1.807) is 23.2 Å². The third kappa shape index (κ3) is 4.69. The number of furan rings is 1. The molecule has 0 aromatic carbocycles. The first-order chi connectivity index (χ1) is 15.4. The number of likely N-dealkylation sites (tertiary alicyclic amines) is 1. The van der Waals surface area contributed by atoms with E-state index < -0.39 is 18.1 Å². The number of aromatic nitrogens is 1. The molecule has 1 saturated heterocycles. The molecule has 2 aliphatic rings. The quantitative estimate of drug-likeness (QED) is 0.476. The fourth-order valence-electron chi connectivity index (χ4n) is 4.64. The Kier molecular flexibility index (Phi) is 6.59. The summed E-state index contributed by atoms with van der Waals surface area (Å²) in [5, 5.41) is 15.5. The second-order valence-corrected chi connectivity index (χ2v) is 8.53. The smallest absolute Gasteiger partial charge is 0.317 e. The molecule has 1 aliphatic carbocycles. The maximum Gasteiger partial charge on any atom is 0.317 e. The third-order valence-corrected chi connectivity index (χ3v) is 6.43. The number of carboxylic acids is 1. The molecule has 5 N–H and O–H groups in total. The first-order valence-corrected chi connectivity index (χ1v) is 11.1. The second kappa shape index (κ2) is 9.56. The number of nitrogens with zero attached hydrogens (tertiary/aromatic N) is 2. The molecule has 10 nitrogen and oxygen atoms in total. The summed E-state index contributed by atoms with van der Waals surface area (Å²) in [6, 6.07) is 2.32. The molecule has 10 heteroatoms. The summed E-state index contributed by atoms with van der Waals surface area (Å²) in [4.78, 5) is 42.6. The summed E-state index contributed by atoms with van der Waals surface area (Å²) in [6.45, 7) is 0.387. The highest BCUT2D eigenvalue weighted by Gasteiger charge is 2.42. The van der Waals surface area contributed by atoms with Crippen LogP contribution in [-0.2, 0) is 20.9 Å². The van der Waals surface area contributed by atoms with Gasteiger partial charge in [0.2, 0.25) is 11.8 Å². The molecular weight excluding hydrogens is 414 g/mol. The van der Waals surface area contributed by atoms with Gasteiger partial charge in [0.05, 0.1) is 24.5 Å². The lowest BCUT2D eigenvalue weighted by Crippen LogP contribution is -2.63. The summed E-state index contributed by atoms with van der Waals surface area (Å²) < 4.78 is 5.70. The maximum absolute atomic E-state index is 13.2. The van der Waals surface area contributed by atoms with E-state index in [0.717, 1.165) is 32.1 Å². The van der Waals surface area contributed by atoms with Gasteiger partial charge < -0.3 is 25.5 Å². The number of carboxylic acid groups (broad SMARTS) is 1. The van der Waals surface area contributed by atoms with Crippen LogP contribution < -0.4 is 16.4 Å². The van der Waals surface area contributed by atoms with Crippen LogP contribution in [-0.4, -0.2) is 57.9 Å². The predicted octanol–water partition coefficient (Wildman–Crippen LogP) is 1.25. The molecule has 2 unspecified atom stereocenters. The average Bonchev–Trinajstić information content (AvgIpc) is 3.17. The molecular formula is C22H29N5O5. The van der Waals surface area contributed by atoms with E-state index >= 15 is 0 Å². The molecule has 0 bridgehead atoms. The van der Waals surface area contributed by atoms with E-state index in [4.69, 9.17) is 15.3 Å². The molecule has 1 aliphatic heterocycles. The number of nitrogens with two attached hydrogens (primary N) is 1. The molecule has 1 saturated carbocycles. The van der Waals surface area contributed by atoms with Crippen LogP contribution in [0.5, 0.6) is 0 Å². The number of aliphatic carboxylic acids is 1. The Balaban J connectivity index is 1.38. The van der Waals surface area contributed by atoms with E-state index in [1.165, 1.54) is 0 Å². The summed E-state index contributed by atoms with van der Waals surface area (Å²) in [7, 11) is 0. The summed E-state index contributed by atoms with van der Waals surface area (Å²) >= 11 is 0. The van der Waals surface area contributed by atoms with Crippen LogP contribution in [0.2, 0.25) is 0 Å². The number of rotatable bonds is 8. The monoisotopic (exact) mass is 443 g/mol. The van der Waals surface area contributed by atoms with Gasteiger partial charge in [-0.05, 0) is 37.3 Å². The van der Waals surface area contributed by atoms with Crippen molar-refractivity contribution in [1.82, 2.24) is 20.5 Å². The fraction of sp³-hybridized carbons (Fsp3) is 0.545. The van der Waals surface area contributed by atoms with E-state index in [1.807, 2.05) is 0 Å². The van der Waals surface area contributed by atoms with Crippen LogP contribution >= 0.6 is 0 Å². The minimum Gasteiger partial charge on any atom is -0.480 e. The predicted molar refractivity (Wildman–Crippen MR) is 116 cm³/mol. The van der Waals surface area contributed by atoms with Gasteiger partial charge in [-0.25, -0.2) is 4.98 Å². The van der Waals surface area contributed by atoms with Crippen LogP contribution in [0, 0.1) is 5.92 Å². The van der Waals surface area contributed by atoms with Crippen molar-refractivity contribution in [2.45, 2.75) is 57.2 Å². The summed E-state index contributed by atoms with van der Waals surface area (Å²) in [5.74, 6) is -0.438. The molecule has 4 rings (SSSR count). The van der Waals surface area contributed by atoms with Crippen molar-refractivity contribution in [3.8, 4) is 0 Å². The van der Waals surface area contributed by atoms with Crippen LogP contribution in [0.15, 0.2) is 22.7 Å². The normalized spacial score (nSPS) is 20.0. The van der Waals surface area contributed by atoms with Gasteiger partial charge in [0.15, 0.2) is 0 Å². The number of carbonyl (C=O) groups is 3. The van der Waals surface area contributed by atoms with E-state index in [0.29, 0.717) is 35.5 Å². The van der Waals surface area contributed by atoms with Gasteiger partial charge in [0.1, 0.15) is 23.2 Å². The van der Waals surface area contributed by atoms with E-state index in [2.05, 4.69) is 15.6 Å². The zero-order valence-corrected chi connectivity index (χ0v) is 17.9. The minimum atomic E-state index is -1.00. The molecule has 0 radical (unpaired) electrons. The largest absolute Gasteiger partial charge is 0.480 e. The molecule has 32 heavy (non-hydrogen) atoms. The highest BCUT2D eigenvalue weighted by atomic mass is 16.4. The first kappa shape index (κ1) is 22.1. The number of carbonyl (C=O) groups excluding carboxylic acids is 2. The zero-order chi connectivity index (χ0) is 22.7. The Bertz CT molecular complexity index is 1000. The summed E-state index contributed by atoms with van der Waals surface area (Å²) in [5.41, 5.74) is 6.44. The Morgan fingerprint density at radius 3 is 2.69 bits per heavy atom. The molecule has 2 amide bonds. The van der Waals surface area contributed by atoms with Crippen molar-refractivity contribution in [2.75, 3.05) is 18.8 Å². The Morgan fingerprint density at radius 2 is 2.03 bits per heavy atom. The number of hydrogen-bond acceptors (Lipinski definition) is 7. The lowest BCUT2D eigenvalue weighted by atomic mass is 9.82. The average molecular weight is 444 g/mol. The van der Waals surface area contributed by atoms with Gasteiger partial charge in [0, 0.05) is 12.7 Å². The molecule has 2 aromatic rings. The second-order valence-electron chi connectivity index (χ2n) is 8.53. The standard InChI is InChI=1S/C22H29N5O5/c23-20-15-10-14(32-17(15)6-8-24-20)11-26-21(30)16-7-9-27(16)22(31)19(25-12-18(28)29)13-4-2-1-3-5-13/h6,8,10,13,16,19,25H,1-5,7,9,11-12H2,(H2,23,24)(H,26,30)(H,28,29). The van der Waals surface area contributed by atoms with Gasteiger partial charge in [-0.2, -0.15) is 0 Å². The van der Waals surface area contributed by atoms with Gasteiger partial charge in [-0.15, -0.1) is 0 Å². The van der Waals surface area contributed by atoms with Crippen LogP contribution in [0.25, 0.3) is 11.0 Å². The van der Waals surface area contributed by atoms with Gasteiger partial charge in [-0.1, -0.05) is 19.3 Å². The number of nitrogen functional groups attached to an aromatic ring is 1. The lowest BCUT2D eigenvalue weighted by molar-refractivity contribution is -0.150. The number of amides is 2. The molecule has 0 spiro atoms. The van der Waals surface area contributed by atoms with Crippen molar-refractivity contribution >= 4 is 34.6 Å². The lowest BCUT2D eigenvalue weighted by Gasteiger charge is -2.43. The van der Waals surface area contributed by atoms with Gasteiger partial charge >= 0.3 is 5.97 Å². The third-order valence-electron chi connectivity index (χ3n) is 6.43. The number of anilines is 1. The van der Waals surface area contributed by atoms with Crippen molar-refractivity contribution in [1.29, 1.82) is 0 Å². The van der Waals surface area contributed by atoms with E-state index in [-0.39, 0.29) is 30.8 Å². The number of nitrogens with one attached hydrogen (secondary N) is 2. The van der Waals surface area contributed by atoms with Gasteiger partial charge in [0.25, 0.3) is 0 Å². The highest BCUT2D eigenvalue weighted by Crippen LogP contribution is 2.30.